The fraction of sp³-hybridized carbons (Fsp3) is 0.250. The molecule has 0 unspecified atom stereocenters. The zero-order valence-electron chi connectivity index (χ0n) is 15.9. The summed E-state index contributed by atoms with van der Waals surface area (Å²) in [6.45, 7) is 0.985. The molecule has 0 saturated heterocycles. The molecule has 8 nitrogen and oxygen atoms in total. The molecule has 0 spiro atoms. The number of hydrogen-bond acceptors (Lipinski definition) is 6. The summed E-state index contributed by atoms with van der Waals surface area (Å²) < 4.78 is 43.4. The fourth-order valence-electron chi connectivity index (χ4n) is 4.26. The number of hydrogen-bond donors (Lipinski definition) is 1. The van der Waals surface area contributed by atoms with Gasteiger partial charge in [-0.25, -0.2) is 4.39 Å². The second-order valence-electron chi connectivity index (χ2n) is 7.38. The summed E-state index contributed by atoms with van der Waals surface area (Å²) in [7, 11) is 1.66. The first-order valence-corrected chi connectivity index (χ1v) is 9.47. The van der Waals surface area contributed by atoms with Crippen LogP contribution >= 0.6 is 0 Å². The second kappa shape index (κ2) is 6.15. The number of fused-ring (bicyclic) bond motifs is 3. The summed E-state index contributed by atoms with van der Waals surface area (Å²) in [5, 5.41) is 15.3. The van der Waals surface area contributed by atoms with Crippen molar-refractivity contribution in [2.75, 3.05) is 18.5 Å². The van der Waals surface area contributed by atoms with E-state index in [0.29, 0.717) is 53.0 Å². The molecule has 1 aromatic carbocycles. The molecule has 3 aromatic heterocycles. The molecule has 0 bridgehead atoms. The number of nitrogens with zero attached hydrogens (tertiary/aromatic N) is 5. The van der Waals surface area contributed by atoms with Gasteiger partial charge in [0.15, 0.2) is 17.2 Å². The van der Waals surface area contributed by atoms with Crippen LogP contribution in [0.4, 0.5) is 14.6 Å². The predicted molar refractivity (Wildman–Crippen MR) is 103 cm³/mol. The van der Waals surface area contributed by atoms with Crippen molar-refractivity contribution >= 4 is 11.5 Å². The van der Waals surface area contributed by atoms with Crippen LogP contribution in [0.1, 0.15) is 17.0 Å². The van der Waals surface area contributed by atoms with Crippen molar-refractivity contribution in [3.05, 3.63) is 53.5 Å². The van der Waals surface area contributed by atoms with E-state index in [1.807, 2.05) is 0 Å². The normalized spacial score (nSPS) is 17.2. The monoisotopic (exact) mass is 410 g/mol. The van der Waals surface area contributed by atoms with E-state index in [4.69, 9.17) is 9.47 Å². The molecule has 6 rings (SSSR count). The average molecular weight is 410 g/mol. The Bertz CT molecular complexity index is 1310. The van der Waals surface area contributed by atoms with Gasteiger partial charge in [0.2, 0.25) is 5.95 Å². The Hall–Kier alpha value is -3.69. The number of aromatic nitrogens is 5. The predicted octanol–water partition coefficient (Wildman–Crippen LogP) is 2.89. The molecule has 5 heterocycles. The molecule has 2 aliphatic heterocycles. The van der Waals surface area contributed by atoms with Gasteiger partial charge < -0.3 is 14.8 Å². The van der Waals surface area contributed by atoms with E-state index >= 15 is 0 Å². The number of ether oxygens (including phenoxy) is 2. The highest BCUT2D eigenvalue weighted by Crippen LogP contribution is 2.41. The summed E-state index contributed by atoms with van der Waals surface area (Å²) in [5.41, 5.74) is 3.07. The molecule has 152 valence electrons. The van der Waals surface area contributed by atoms with E-state index < -0.39 is 5.95 Å². The van der Waals surface area contributed by atoms with Crippen LogP contribution in [0, 0.1) is 11.8 Å². The van der Waals surface area contributed by atoms with Gasteiger partial charge in [0.25, 0.3) is 0 Å². The van der Waals surface area contributed by atoms with Crippen molar-refractivity contribution in [1.82, 2.24) is 24.4 Å². The van der Waals surface area contributed by atoms with Gasteiger partial charge in [-0.1, -0.05) is 0 Å². The molecule has 4 aromatic rings. The maximum atomic E-state index is 14.6. The van der Waals surface area contributed by atoms with Crippen LogP contribution in [0.25, 0.3) is 16.9 Å². The van der Waals surface area contributed by atoms with Crippen molar-refractivity contribution in [2.45, 2.75) is 12.5 Å². The summed E-state index contributed by atoms with van der Waals surface area (Å²) in [5.74, 6) is 0.845. The average Bonchev–Trinajstić information content (AvgIpc) is 3.44. The summed E-state index contributed by atoms with van der Waals surface area (Å²) in [4.78, 5) is 0. The van der Waals surface area contributed by atoms with Gasteiger partial charge in [0, 0.05) is 36.3 Å². The van der Waals surface area contributed by atoms with Crippen LogP contribution in [0.15, 0.2) is 30.6 Å². The van der Waals surface area contributed by atoms with E-state index in [0.717, 1.165) is 5.56 Å². The number of benzene rings is 1. The third-order valence-corrected chi connectivity index (χ3v) is 5.65. The third-order valence-electron chi connectivity index (χ3n) is 5.65. The van der Waals surface area contributed by atoms with E-state index in [9.17, 15) is 8.78 Å². The zero-order valence-corrected chi connectivity index (χ0v) is 15.9. The van der Waals surface area contributed by atoms with Crippen molar-refractivity contribution < 1.29 is 18.3 Å². The first-order chi connectivity index (χ1) is 14.6. The Balaban J connectivity index is 1.53. The van der Waals surface area contributed by atoms with E-state index in [1.165, 1.54) is 16.8 Å². The first-order valence-electron chi connectivity index (χ1n) is 9.47. The van der Waals surface area contributed by atoms with Gasteiger partial charge in [-0.2, -0.15) is 4.39 Å². The zero-order chi connectivity index (χ0) is 20.4. The van der Waals surface area contributed by atoms with Crippen molar-refractivity contribution in [3.8, 4) is 22.8 Å². The number of nitrogens with one attached hydrogen (secondary N) is 1. The van der Waals surface area contributed by atoms with Crippen LogP contribution in [0.5, 0.6) is 11.5 Å². The largest absolute Gasteiger partial charge is 0.493 e. The van der Waals surface area contributed by atoms with Gasteiger partial charge in [0.1, 0.15) is 17.9 Å². The molecule has 0 aliphatic carbocycles. The number of anilines is 1. The van der Waals surface area contributed by atoms with Crippen LogP contribution in [-0.4, -0.2) is 37.6 Å². The second-order valence-corrected chi connectivity index (χ2v) is 7.38. The van der Waals surface area contributed by atoms with Gasteiger partial charge in [-0.3, -0.25) is 9.08 Å². The minimum atomic E-state index is -0.589. The van der Waals surface area contributed by atoms with Crippen molar-refractivity contribution in [2.24, 2.45) is 7.05 Å². The molecule has 0 fully saturated rings. The SMILES string of the molecule is Cn1nc(F)cc1-c1cc2c(n3cnnc13)NCc1c(F)ccc3c1[C@H](CO3)CO2. The molecular weight excluding hydrogens is 394 g/mol. The molecule has 2 aliphatic rings. The highest BCUT2D eigenvalue weighted by molar-refractivity contribution is 5.80. The summed E-state index contributed by atoms with van der Waals surface area (Å²) in [6, 6.07) is 6.20. The molecule has 0 saturated carbocycles. The lowest BCUT2D eigenvalue weighted by atomic mass is 9.96. The Morgan fingerprint density at radius 3 is 2.77 bits per heavy atom. The molecular formula is C20H16F2N6O2. The van der Waals surface area contributed by atoms with E-state index in [-0.39, 0.29) is 18.3 Å². The molecule has 30 heavy (non-hydrogen) atoms. The lowest BCUT2D eigenvalue weighted by molar-refractivity contribution is 0.249. The summed E-state index contributed by atoms with van der Waals surface area (Å²) >= 11 is 0. The van der Waals surface area contributed by atoms with Crippen LogP contribution in [-0.2, 0) is 13.6 Å². The van der Waals surface area contributed by atoms with Gasteiger partial charge in [0.05, 0.1) is 24.8 Å². The van der Waals surface area contributed by atoms with Crippen LogP contribution < -0.4 is 14.8 Å². The Morgan fingerprint density at radius 2 is 1.97 bits per heavy atom. The number of rotatable bonds is 1. The van der Waals surface area contributed by atoms with Crippen molar-refractivity contribution in [3.63, 3.8) is 0 Å². The number of halogens is 2. The lowest BCUT2D eigenvalue weighted by Crippen LogP contribution is -2.13. The Kier molecular flexibility index (Phi) is 3.53. The standard InChI is InChI=1S/C20H16F2N6O2/c1-27-14(5-17(22)26-27)11-4-16-20(28-9-24-25-19(11)28)23-6-12-13(21)2-3-15-18(12)10(7-29-15)8-30-16/h2-5,9-10,23H,6-8H2,1H3/t10-/m1/s1. The highest BCUT2D eigenvalue weighted by Gasteiger charge is 2.31. The topological polar surface area (TPSA) is 78.5 Å². The summed E-state index contributed by atoms with van der Waals surface area (Å²) in [6.07, 6.45) is 1.54. The minimum Gasteiger partial charge on any atom is -0.493 e. The van der Waals surface area contributed by atoms with E-state index in [2.05, 4.69) is 20.6 Å². The molecule has 0 radical (unpaired) electrons. The van der Waals surface area contributed by atoms with Crippen molar-refractivity contribution in [1.29, 1.82) is 0 Å². The van der Waals surface area contributed by atoms with Gasteiger partial charge in [-0.05, 0) is 18.2 Å². The maximum Gasteiger partial charge on any atom is 0.233 e. The third kappa shape index (κ3) is 2.39. The van der Waals surface area contributed by atoms with Gasteiger partial charge in [-0.15, -0.1) is 15.3 Å². The Morgan fingerprint density at radius 1 is 1.13 bits per heavy atom. The fourth-order valence-corrected chi connectivity index (χ4v) is 4.26. The number of pyridine rings is 1. The van der Waals surface area contributed by atoms with Gasteiger partial charge >= 0.3 is 0 Å². The molecule has 0 amide bonds. The minimum absolute atomic E-state index is 0.0901. The quantitative estimate of drug-likeness (QED) is 0.520. The first kappa shape index (κ1) is 17.2. The highest BCUT2D eigenvalue weighted by atomic mass is 19.1. The smallest absolute Gasteiger partial charge is 0.233 e. The lowest BCUT2D eigenvalue weighted by Gasteiger charge is -2.16. The molecule has 10 heteroatoms. The Labute approximate surface area is 169 Å². The van der Waals surface area contributed by atoms with Crippen LogP contribution in [0.3, 0.4) is 0 Å². The molecule has 1 N–H and O–H groups in total. The van der Waals surface area contributed by atoms with Crippen LogP contribution in [0.2, 0.25) is 0 Å². The maximum absolute atomic E-state index is 14.6. The van der Waals surface area contributed by atoms with E-state index in [1.54, 1.807) is 29.9 Å². The molecule has 1 atom stereocenters. The number of aryl methyl sites for hydroxylation is 1.